The summed E-state index contributed by atoms with van der Waals surface area (Å²) in [4.78, 5) is 11.1. The van der Waals surface area contributed by atoms with Gasteiger partial charge in [-0.05, 0) is 35.8 Å². The molecule has 0 bridgehead atoms. The first-order chi connectivity index (χ1) is 8.19. The maximum Gasteiger partial charge on any atom is 0.131 e. The Hall–Kier alpha value is -0.680. The van der Waals surface area contributed by atoms with Gasteiger partial charge in [-0.25, -0.2) is 9.97 Å². The largest absolute Gasteiger partial charge is 0.369 e. The van der Waals surface area contributed by atoms with Crippen LogP contribution in [0.3, 0.4) is 0 Å². The summed E-state index contributed by atoms with van der Waals surface area (Å²) in [6.45, 7) is 4.06. The number of aromatic nitrogens is 2. The SMILES string of the molecule is CCc1nc(Br)cc(NCCN(C)C2CC2)n1. The molecule has 1 fully saturated rings. The quantitative estimate of drug-likeness (QED) is 0.818. The van der Waals surface area contributed by atoms with Crippen molar-refractivity contribution in [1.82, 2.24) is 14.9 Å². The van der Waals surface area contributed by atoms with Gasteiger partial charge >= 0.3 is 0 Å². The summed E-state index contributed by atoms with van der Waals surface area (Å²) in [5.74, 6) is 1.78. The maximum atomic E-state index is 4.44. The first-order valence-corrected chi connectivity index (χ1v) is 6.96. The van der Waals surface area contributed by atoms with Gasteiger partial charge in [-0.3, -0.25) is 0 Å². The van der Waals surface area contributed by atoms with Crippen molar-refractivity contribution in [2.75, 3.05) is 25.5 Å². The van der Waals surface area contributed by atoms with Crippen molar-refractivity contribution in [3.63, 3.8) is 0 Å². The molecule has 0 aromatic carbocycles. The summed E-state index contributed by atoms with van der Waals surface area (Å²) >= 11 is 3.41. The Balaban J connectivity index is 1.83. The van der Waals surface area contributed by atoms with Crippen LogP contribution in [0, 0.1) is 0 Å². The Kier molecular flexibility index (Phi) is 4.34. The number of halogens is 1. The molecule has 4 nitrogen and oxygen atoms in total. The highest BCUT2D eigenvalue weighted by Crippen LogP contribution is 2.24. The summed E-state index contributed by atoms with van der Waals surface area (Å²) in [6, 6.07) is 2.75. The monoisotopic (exact) mass is 298 g/mol. The van der Waals surface area contributed by atoms with Gasteiger partial charge in [-0.15, -0.1) is 0 Å². The molecule has 1 saturated carbocycles. The molecule has 1 aromatic heterocycles. The number of nitrogens with zero attached hydrogens (tertiary/aromatic N) is 3. The molecule has 1 aromatic rings. The van der Waals surface area contributed by atoms with Crippen LogP contribution in [0.5, 0.6) is 0 Å². The number of likely N-dealkylation sites (N-methyl/N-ethyl adjacent to an activating group) is 1. The van der Waals surface area contributed by atoms with Crippen LogP contribution in [0.15, 0.2) is 10.7 Å². The Morgan fingerprint density at radius 3 is 2.88 bits per heavy atom. The third-order valence-corrected chi connectivity index (χ3v) is 3.40. The minimum absolute atomic E-state index is 0.820. The molecule has 1 aliphatic carbocycles. The van der Waals surface area contributed by atoms with E-state index in [1.807, 2.05) is 6.07 Å². The summed E-state index contributed by atoms with van der Waals surface area (Å²) in [5, 5.41) is 3.35. The van der Waals surface area contributed by atoms with E-state index >= 15 is 0 Å². The van der Waals surface area contributed by atoms with Crippen molar-refractivity contribution in [2.24, 2.45) is 0 Å². The maximum absolute atomic E-state index is 4.44. The molecule has 0 atom stereocenters. The zero-order valence-electron chi connectivity index (χ0n) is 10.4. The summed E-state index contributed by atoms with van der Waals surface area (Å²) in [7, 11) is 2.19. The fraction of sp³-hybridized carbons (Fsp3) is 0.667. The highest BCUT2D eigenvalue weighted by molar-refractivity contribution is 9.10. The lowest BCUT2D eigenvalue weighted by atomic mass is 10.4. The summed E-state index contributed by atoms with van der Waals surface area (Å²) < 4.78 is 0.849. The Bertz CT molecular complexity index is 379. The van der Waals surface area contributed by atoms with Crippen LogP contribution >= 0.6 is 15.9 Å². The van der Waals surface area contributed by atoms with E-state index in [4.69, 9.17) is 0 Å². The normalized spacial score (nSPS) is 15.3. The van der Waals surface area contributed by atoms with E-state index in [-0.39, 0.29) is 0 Å². The molecule has 5 heteroatoms. The standard InChI is InChI=1S/C12H19BrN4/c1-3-11-15-10(13)8-12(16-11)14-6-7-17(2)9-4-5-9/h8-9H,3-7H2,1-2H3,(H,14,15,16). The molecule has 0 radical (unpaired) electrons. The van der Waals surface area contributed by atoms with E-state index in [0.717, 1.165) is 41.8 Å². The first kappa shape index (κ1) is 12.8. The molecule has 0 saturated heterocycles. The molecule has 2 rings (SSSR count). The highest BCUT2D eigenvalue weighted by atomic mass is 79.9. The zero-order chi connectivity index (χ0) is 12.3. The van der Waals surface area contributed by atoms with Gasteiger partial charge < -0.3 is 10.2 Å². The van der Waals surface area contributed by atoms with Crippen molar-refractivity contribution in [2.45, 2.75) is 32.2 Å². The molecule has 17 heavy (non-hydrogen) atoms. The van der Waals surface area contributed by atoms with Crippen molar-refractivity contribution in [3.05, 3.63) is 16.5 Å². The van der Waals surface area contributed by atoms with Gasteiger partial charge in [0.05, 0.1) is 0 Å². The number of aryl methyl sites for hydroxylation is 1. The molecule has 1 aliphatic rings. The molecule has 94 valence electrons. The van der Waals surface area contributed by atoms with Crippen molar-refractivity contribution < 1.29 is 0 Å². The van der Waals surface area contributed by atoms with E-state index in [0.29, 0.717) is 0 Å². The molecule has 0 spiro atoms. The predicted octanol–water partition coefficient (Wildman–Crippen LogP) is 2.31. The molecule has 0 amide bonds. The van der Waals surface area contributed by atoms with Gasteiger partial charge in [0.15, 0.2) is 0 Å². The lowest BCUT2D eigenvalue weighted by Crippen LogP contribution is -2.27. The van der Waals surface area contributed by atoms with E-state index in [9.17, 15) is 0 Å². The lowest BCUT2D eigenvalue weighted by molar-refractivity contribution is 0.337. The van der Waals surface area contributed by atoms with Gasteiger partial charge in [-0.2, -0.15) is 0 Å². The van der Waals surface area contributed by atoms with E-state index in [2.05, 4.69) is 50.1 Å². The fourth-order valence-corrected chi connectivity index (χ4v) is 2.19. The lowest BCUT2D eigenvalue weighted by Gasteiger charge is -2.16. The van der Waals surface area contributed by atoms with Gasteiger partial charge in [0.1, 0.15) is 16.2 Å². The summed E-state index contributed by atoms with van der Waals surface area (Å²) in [6.07, 6.45) is 3.57. The van der Waals surface area contributed by atoms with E-state index < -0.39 is 0 Å². The highest BCUT2D eigenvalue weighted by Gasteiger charge is 2.25. The third kappa shape index (κ3) is 3.92. The minimum atomic E-state index is 0.820. The minimum Gasteiger partial charge on any atom is -0.369 e. The van der Waals surface area contributed by atoms with Crippen molar-refractivity contribution in [1.29, 1.82) is 0 Å². The van der Waals surface area contributed by atoms with Gasteiger partial charge in [-0.1, -0.05) is 6.92 Å². The van der Waals surface area contributed by atoms with Crippen LogP contribution in [0.25, 0.3) is 0 Å². The number of anilines is 1. The van der Waals surface area contributed by atoms with Crippen LogP contribution in [-0.4, -0.2) is 41.0 Å². The summed E-state index contributed by atoms with van der Waals surface area (Å²) in [5.41, 5.74) is 0. The van der Waals surface area contributed by atoms with Gasteiger partial charge in [0.2, 0.25) is 0 Å². The van der Waals surface area contributed by atoms with Crippen LogP contribution < -0.4 is 5.32 Å². The van der Waals surface area contributed by atoms with Gasteiger partial charge in [0.25, 0.3) is 0 Å². The molecular weight excluding hydrogens is 280 g/mol. The van der Waals surface area contributed by atoms with Crippen LogP contribution in [0.4, 0.5) is 5.82 Å². The third-order valence-electron chi connectivity index (χ3n) is 3.00. The fourth-order valence-electron chi connectivity index (χ4n) is 1.77. The second kappa shape index (κ2) is 5.78. The average molecular weight is 299 g/mol. The van der Waals surface area contributed by atoms with Crippen molar-refractivity contribution >= 4 is 21.7 Å². The molecule has 0 unspecified atom stereocenters. The second-order valence-electron chi connectivity index (χ2n) is 4.48. The molecular formula is C12H19BrN4. The molecule has 1 N–H and O–H groups in total. The van der Waals surface area contributed by atoms with Gasteiger partial charge in [0, 0.05) is 31.6 Å². The number of nitrogens with one attached hydrogen (secondary N) is 1. The number of hydrogen-bond donors (Lipinski definition) is 1. The van der Waals surface area contributed by atoms with Crippen LogP contribution in [0.2, 0.25) is 0 Å². The van der Waals surface area contributed by atoms with Crippen LogP contribution in [0.1, 0.15) is 25.6 Å². The second-order valence-corrected chi connectivity index (χ2v) is 5.30. The average Bonchev–Trinajstić information content (AvgIpc) is 3.12. The number of hydrogen-bond acceptors (Lipinski definition) is 4. The van der Waals surface area contributed by atoms with Crippen LogP contribution in [-0.2, 0) is 6.42 Å². The molecule has 0 aliphatic heterocycles. The Morgan fingerprint density at radius 2 is 2.24 bits per heavy atom. The molecule has 1 heterocycles. The Morgan fingerprint density at radius 1 is 1.47 bits per heavy atom. The number of rotatable bonds is 6. The zero-order valence-corrected chi connectivity index (χ0v) is 12.0. The Labute approximate surface area is 111 Å². The van der Waals surface area contributed by atoms with E-state index in [1.165, 1.54) is 12.8 Å². The van der Waals surface area contributed by atoms with Crippen molar-refractivity contribution in [3.8, 4) is 0 Å². The van der Waals surface area contributed by atoms with E-state index in [1.54, 1.807) is 0 Å². The predicted molar refractivity (Wildman–Crippen MR) is 73.3 cm³/mol. The topological polar surface area (TPSA) is 41.1 Å². The smallest absolute Gasteiger partial charge is 0.131 e. The first-order valence-electron chi connectivity index (χ1n) is 6.16.